The van der Waals surface area contributed by atoms with Crippen molar-refractivity contribution in [2.45, 2.75) is 13.8 Å². The highest BCUT2D eigenvalue weighted by molar-refractivity contribution is 6.19. The van der Waals surface area contributed by atoms with Gasteiger partial charge >= 0.3 is 6.03 Å². The van der Waals surface area contributed by atoms with E-state index in [1.165, 1.54) is 0 Å². The molecule has 3 amide bonds. The minimum absolute atomic E-state index is 0.0238. The molecule has 0 radical (unpaired) electrons. The first-order valence-corrected chi connectivity index (χ1v) is 6.17. The van der Waals surface area contributed by atoms with Crippen LogP contribution in [0.5, 0.6) is 11.5 Å². The summed E-state index contributed by atoms with van der Waals surface area (Å²) in [6.07, 6.45) is 0. The number of hydrogen-bond donors (Lipinski definition) is 1. The summed E-state index contributed by atoms with van der Waals surface area (Å²) in [4.78, 5) is 24.3. The van der Waals surface area contributed by atoms with Gasteiger partial charge in [0.2, 0.25) is 0 Å². The van der Waals surface area contributed by atoms with Crippen LogP contribution in [0.4, 0.5) is 10.5 Å². The lowest BCUT2D eigenvalue weighted by Gasteiger charge is -2.16. The van der Waals surface area contributed by atoms with Gasteiger partial charge in [-0.25, -0.2) is 9.69 Å². The molecule has 0 unspecified atom stereocenters. The van der Waals surface area contributed by atoms with Crippen LogP contribution in [-0.4, -0.2) is 31.7 Å². The predicted molar refractivity (Wildman–Crippen MR) is 69.7 cm³/mol. The average Bonchev–Trinajstić information content (AvgIpc) is 2.72. The van der Waals surface area contributed by atoms with Crippen molar-refractivity contribution in [2.75, 3.05) is 24.7 Å². The average molecular weight is 264 g/mol. The fraction of sp³-hybridized carbons (Fsp3) is 0.385. The molecule has 1 fully saturated rings. The van der Waals surface area contributed by atoms with Gasteiger partial charge in [-0.3, -0.25) is 4.79 Å². The number of urea groups is 1. The van der Waals surface area contributed by atoms with E-state index in [0.29, 0.717) is 30.4 Å². The van der Waals surface area contributed by atoms with Crippen LogP contribution in [0, 0.1) is 0 Å². The van der Waals surface area contributed by atoms with Crippen LogP contribution in [0.3, 0.4) is 0 Å². The number of carbonyl (C=O) groups excluding carboxylic acids is 2. The second-order valence-electron chi connectivity index (χ2n) is 3.88. The van der Waals surface area contributed by atoms with Crippen LogP contribution < -0.4 is 19.7 Å². The molecular formula is C13H16N2O4. The zero-order valence-corrected chi connectivity index (χ0v) is 10.9. The number of ether oxygens (including phenoxy) is 2. The summed E-state index contributed by atoms with van der Waals surface area (Å²) in [5.74, 6) is 0.839. The van der Waals surface area contributed by atoms with Crippen molar-refractivity contribution in [1.82, 2.24) is 5.32 Å². The van der Waals surface area contributed by atoms with Gasteiger partial charge < -0.3 is 14.8 Å². The van der Waals surface area contributed by atoms with E-state index in [4.69, 9.17) is 9.47 Å². The highest BCUT2D eigenvalue weighted by Crippen LogP contribution is 2.32. The van der Waals surface area contributed by atoms with Crippen LogP contribution in [0.2, 0.25) is 0 Å². The molecule has 2 rings (SSSR count). The van der Waals surface area contributed by atoms with Gasteiger partial charge in [-0.1, -0.05) is 0 Å². The number of rotatable bonds is 5. The van der Waals surface area contributed by atoms with E-state index in [2.05, 4.69) is 5.32 Å². The highest BCUT2D eigenvalue weighted by atomic mass is 16.5. The molecule has 1 aromatic carbocycles. The summed E-state index contributed by atoms with van der Waals surface area (Å²) in [6.45, 7) is 4.75. The van der Waals surface area contributed by atoms with Gasteiger partial charge in [0, 0.05) is 6.07 Å². The quantitative estimate of drug-likeness (QED) is 0.819. The summed E-state index contributed by atoms with van der Waals surface area (Å²) in [5, 5.41) is 2.47. The molecule has 0 aliphatic carbocycles. The summed E-state index contributed by atoms with van der Waals surface area (Å²) < 4.78 is 10.9. The Balaban J connectivity index is 2.34. The number of carbonyl (C=O) groups is 2. The lowest BCUT2D eigenvalue weighted by atomic mass is 10.2. The van der Waals surface area contributed by atoms with E-state index in [-0.39, 0.29) is 12.5 Å². The van der Waals surface area contributed by atoms with Gasteiger partial charge in [0.1, 0.15) is 0 Å². The Morgan fingerprint density at radius 2 is 1.84 bits per heavy atom. The van der Waals surface area contributed by atoms with Crippen molar-refractivity contribution < 1.29 is 19.1 Å². The fourth-order valence-corrected chi connectivity index (χ4v) is 1.86. The van der Waals surface area contributed by atoms with Gasteiger partial charge in [-0.15, -0.1) is 0 Å². The summed E-state index contributed by atoms with van der Waals surface area (Å²) in [7, 11) is 0. The van der Waals surface area contributed by atoms with Gasteiger partial charge in [-0.2, -0.15) is 0 Å². The number of benzene rings is 1. The van der Waals surface area contributed by atoms with Crippen LogP contribution in [0.15, 0.2) is 18.2 Å². The topological polar surface area (TPSA) is 67.9 Å². The summed E-state index contributed by atoms with van der Waals surface area (Å²) in [5.41, 5.74) is 0.479. The van der Waals surface area contributed by atoms with E-state index in [9.17, 15) is 9.59 Å². The Bertz CT molecular complexity index is 485. The molecular weight excluding hydrogens is 248 g/mol. The molecule has 102 valence electrons. The molecule has 1 N–H and O–H groups in total. The molecule has 1 heterocycles. The number of nitrogens with zero attached hydrogens (tertiary/aromatic N) is 1. The SMILES string of the molecule is CCOc1ccc(N2C(=O)CNC2=O)cc1OCC. The van der Waals surface area contributed by atoms with Gasteiger partial charge in [0.15, 0.2) is 11.5 Å². The van der Waals surface area contributed by atoms with Crippen molar-refractivity contribution >= 4 is 17.6 Å². The number of hydrogen-bond acceptors (Lipinski definition) is 4. The lowest BCUT2D eigenvalue weighted by molar-refractivity contribution is -0.115. The Morgan fingerprint density at radius 1 is 1.16 bits per heavy atom. The molecule has 0 aromatic heterocycles. The predicted octanol–water partition coefficient (Wildman–Crippen LogP) is 1.54. The first kappa shape index (κ1) is 13.2. The molecule has 1 aromatic rings. The van der Waals surface area contributed by atoms with Crippen molar-refractivity contribution in [3.05, 3.63) is 18.2 Å². The monoisotopic (exact) mass is 264 g/mol. The maximum atomic E-state index is 11.6. The molecule has 0 bridgehead atoms. The molecule has 19 heavy (non-hydrogen) atoms. The number of anilines is 1. The van der Waals surface area contributed by atoms with Crippen LogP contribution >= 0.6 is 0 Å². The Morgan fingerprint density at radius 3 is 2.42 bits per heavy atom. The molecule has 0 atom stereocenters. The van der Waals surface area contributed by atoms with E-state index in [0.717, 1.165) is 4.90 Å². The maximum Gasteiger partial charge on any atom is 0.329 e. The second kappa shape index (κ2) is 5.60. The number of imide groups is 1. The Kier molecular flexibility index (Phi) is 3.89. The Hall–Kier alpha value is -2.24. The fourth-order valence-electron chi connectivity index (χ4n) is 1.86. The van der Waals surface area contributed by atoms with E-state index in [1.807, 2.05) is 13.8 Å². The molecule has 1 saturated heterocycles. The molecule has 1 aliphatic rings. The van der Waals surface area contributed by atoms with Crippen molar-refractivity contribution in [3.8, 4) is 11.5 Å². The van der Waals surface area contributed by atoms with Gasteiger partial charge in [0.05, 0.1) is 25.4 Å². The van der Waals surface area contributed by atoms with Gasteiger partial charge in [-0.05, 0) is 26.0 Å². The standard InChI is InChI=1S/C13H16N2O4/c1-3-18-10-6-5-9(7-11(10)19-4-2)15-12(16)8-14-13(15)17/h5-7H,3-4,8H2,1-2H3,(H,14,17). The third-order valence-electron chi connectivity index (χ3n) is 2.63. The van der Waals surface area contributed by atoms with E-state index in [1.54, 1.807) is 18.2 Å². The Labute approximate surface area is 111 Å². The van der Waals surface area contributed by atoms with Gasteiger partial charge in [0.25, 0.3) is 5.91 Å². The van der Waals surface area contributed by atoms with Crippen molar-refractivity contribution in [1.29, 1.82) is 0 Å². The lowest BCUT2D eigenvalue weighted by Crippen LogP contribution is -2.30. The molecule has 6 heteroatoms. The largest absolute Gasteiger partial charge is 0.490 e. The van der Waals surface area contributed by atoms with Crippen molar-refractivity contribution in [3.63, 3.8) is 0 Å². The first-order valence-electron chi connectivity index (χ1n) is 6.17. The van der Waals surface area contributed by atoms with E-state index < -0.39 is 6.03 Å². The van der Waals surface area contributed by atoms with E-state index >= 15 is 0 Å². The summed E-state index contributed by atoms with van der Waals surface area (Å²) in [6, 6.07) is 4.58. The van der Waals surface area contributed by atoms with Crippen LogP contribution in [0.25, 0.3) is 0 Å². The molecule has 0 spiro atoms. The first-order chi connectivity index (χ1) is 9.17. The van der Waals surface area contributed by atoms with Crippen LogP contribution in [-0.2, 0) is 4.79 Å². The zero-order chi connectivity index (χ0) is 13.8. The normalized spacial score (nSPS) is 14.5. The minimum Gasteiger partial charge on any atom is -0.490 e. The third kappa shape index (κ3) is 2.62. The zero-order valence-electron chi connectivity index (χ0n) is 10.9. The maximum absolute atomic E-state index is 11.6. The summed E-state index contributed by atoms with van der Waals surface area (Å²) >= 11 is 0. The minimum atomic E-state index is -0.420. The second-order valence-corrected chi connectivity index (χ2v) is 3.88. The smallest absolute Gasteiger partial charge is 0.329 e. The molecule has 0 saturated carbocycles. The third-order valence-corrected chi connectivity index (χ3v) is 2.63. The molecule has 6 nitrogen and oxygen atoms in total. The molecule has 1 aliphatic heterocycles. The van der Waals surface area contributed by atoms with Crippen molar-refractivity contribution in [2.24, 2.45) is 0 Å². The number of amides is 3. The highest BCUT2D eigenvalue weighted by Gasteiger charge is 2.30. The van der Waals surface area contributed by atoms with Crippen LogP contribution in [0.1, 0.15) is 13.8 Å². The number of nitrogens with one attached hydrogen (secondary N) is 1.